The second-order valence-electron chi connectivity index (χ2n) is 6.15. The second kappa shape index (κ2) is 8.69. The fourth-order valence-corrected chi connectivity index (χ4v) is 2.74. The number of nitrogens with one attached hydrogen (secondary N) is 1. The van der Waals surface area contributed by atoms with E-state index in [4.69, 9.17) is 13.9 Å². The van der Waals surface area contributed by atoms with E-state index in [0.29, 0.717) is 12.3 Å². The van der Waals surface area contributed by atoms with Crippen molar-refractivity contribution >= 4 is 5.91 Å². The average molecular weight is 344 g/mol. The third kappa shape index (κ3) is 5.34. The molecule has 0 saturated carbocycles. The summed E-state index contributed by atoms with van der Waals surface area (Å²) < 4.78 is 16.4. The van der Waals surface area contributed by atoms with Crippen molar-refractivity contribution in [2.75, 3.05) is 32.8 Å². The van der Waals surface area contributed by atoms with E-state index in [1.807, 2.05) is 19.1 Å². The lowest BCUT2D eigenvalue weighted by atomic mass is 10.2. The lowest BCUT2D eigenvalue weighted by Crippen LogP contribution is -2.35. The Kier molecular flexibility index (Phi) is 6.09. The molecule has 1 aromatic heterocycles. The molecule has 0 bridgehead atoms. The highest BCUT2D eigenvalue weighted by atomic mass is 16.5. The third-order valence-corrected chi connectivity index (χ3v) is 4.04. The van der Waals surface area contributed by atoms with Gasteiger partial charge in [0.05, 0.1) is 26.0 Å². The fraction of sp³-hybridized carbons (Fsp3) is 0.421. The van der Waals surface area contributed by atoms with Gasteiger partial charge < -0.3 is 19.2 Å². The van der Waals surface area contributed by atoms with Gasteiger partial charge in [-0.05, 0) is 36.8 Å². The summed E-state index contributed by atoms with van der Waals surface area (Å²) in [4.78, 5) is 14.2. The minimum atomic E-state index is -0.235. The van der Waals surface area contributed by atoms with Crippen LogP contribution in [-0.2, 0) is 11.3 Å². The van der Waals surface area contributed by atoms with Gasteiger partial charge in [-0.25, -0.2) is 0 Å². The van der Waals surface area contributed by atoms with Gasteiger partial charge in [0.1, 0.15) is 11.9 Å². The van der Waals surface area contributed by atoms with Crippen LogP contribution in [0.3, 0.4) is 0 Å². The summed E-state index contributed by atoms with van der Waals surface area (Å²) in [6.07, 6.45) is 1.34. The Morgan fingerprint density at radius 2 is 2.12 bits per heavy atom. The summed E-state index contributed by atoms with van der Waals surface area (Å²) in [6.45, 7) is 6.74. The van der Waals surface area contributed by atoms with Gasteiger partial charge in [-0.3, -0.25) is 9.69 Å². The summed E-state index contributed by atoms with van der Waals surface area (Å²) in [6, 6.07) is 11.4. The number of carbonyl (C=O) groups is 1. The SMILES string of the molecule is CC(CNC(=O)c1ccco1)Oc1cccc(CN2CCOCC2)c1. The molecule has 1 aliphatic rings. The Morgan fingerprint density at radius 1 is 1.28 bits per heavy atom. The maximum Gasteiger partial charge on any atom is 0.287 e. The smallest absolute Gasteiger partial charge is 0.287 e. The van der Waals surface area contributed by atoms with E-state index >= 15 is 0 Å². The number of morpholine rings is 1. The van der Waals surface area contributed by atoms with Crippen LogP contribution in [0.4, 0.5) is 0 Å². The van der Waals surface area contributed by atoms with E-state index in [-0.39, 0.29) is 12.0 Å². The number of hydrogen-bond acceptors (Lipinski definition) is 5. The van der Waals surface area contributed by atoms with Crippen molar-refractivity contribution in [1.29, 1.82) is 0 Å². The molecule has 1 unspecified atom stereocenters. The molecular formula is C19H24N2O4. The van der Waals surface area contributed by atoms with Crippen LogP contribution in [0.25, 0.3) is 0 Å². The molecular weight excluding hydrogens is 320 g/mol. The van der Waals surface area contributed by atoms with Gasteiger partial charge in [0, 0.05) is 19.6 Å². The summed E-state index contributed by atoms with van der Waals surface area (Å²) >= 11 is 0. The number of hydrogen-bond donors (Lipinski definition) is 1. The van der Waals surface area contributed by atoms with Crippen LogP contribution in [-0.4, -0.2) is 49.8 Å². The highest BCUT2D eigenvalue weighted by Crippen LogP contribution is 2.17. The molecule has 1 aromatic carbocycles. The van der Waals surface area contributed by atoms with Crippen LogP contribution in [0.2, 0.25) is 0 Å². The van der Waals surface area contributed by atoms with Crippen molar-refractivity contribution in [2.45, 2.75) is 19.6 Å². The molecule has 2 aromatic rings. The maximum atomic E-state index is 11.9. The average Bonchev–Trinajstić information content (AvgIpc) is 3.16. The van der Waals surface area contributed by atoms with Crippen molar-refractivity contribution in [2.24, 2.45) is 0 Å². The second-order valence-corrected chi connectivity index (χ2v) is 6.15. The van der Waals surface area contributed by atoms with Crippen LogP contribution in [0.15, 0.2) is 47.1 Å². The van der Waals surface area contributed by atoms with E-state index in [0.717, 1.165) is 38.6 Å². The van der Waals surface area contributed by atoms with Gasteiger partial charge in [-0.1, -0.05) is 12.1 Å². The molecule has 1 aliphatic heterocycles. The van der Waals surface area contributed by atoms with Crippen molar-refractivity contribution in [3.63, 3.8) is 0 Å². The van der Waals surface area contributed by atoms with Crippen LogP contribution in [0.5, 0.6) is 5.75 Å². The predicted molar refractivity (Wildman–Crippen MR) is 93.7 cm³/mol. The monoisotopic (exact) mass is 344 g/mol. The molecule has 1 atom stereocenters. The molecule has 6 nitrogen and oxygen atoms in total. The molecule has 25 heavy (non-hydrogen) atoms. The van der Waals surface area contributed by atoms with Gasteiger partial charge in [0.2, 0.25) is 0 Å². The van der Waals surface area contributed by atoms with E-state index in [2.05, 4.69) is 22.3 Å². The maximum absolute atomic E-state index is 11.9. The number of furan rings is 1. The number of amides is 1. The molecule has 134 valence electrons. The Labute approximate surface area is 147 Å². The molecule has 1 saturated heterocycles. The predicted octanol–water partition coefficient (Wildman–Crippen LogP) is 2.31. The van der Waals surface area contributed by atoms with Crippen molar-refractivity contribution in [1.82, 2.24) is 10.2 Å². The van der Waals surface area contributed by atoms with E-state index in [1.54, 1.807) is 12.1 Å². The van der Waals surface area contributed by atoms with Crippen molar-refractivity contribution in [3.8, 4) is 5.75 Å². The van der Waals surface area contributed by atoms with Gasteiger partial charge in [-0.15, -0.1) is 0 Å². The molecule has 1 amide bonds. The van der Waals surface area contributed by atoms with Crippen LogP contribution >= 0.6 is 0 Å². The first kappa shape index (κ1) is 17.5. The summed E-state index contributed by atoms with van der Waals surface area (Å²) in [7, 11) is 0. The quantitative estimate of drug-likeness (QED) is 0.835. The Morgan fingerprint density at radius 3 is 2.88 bits per heavy atom. The molecule has 3 rings (SSSR count). The van der Waals surface area contributed by atoms with Crippen molar-refractivity contribution < 1.29 is 18.7 Å². The molecule has 0 aliphatic carbocycles. The summed E-state index contributed by atoms with van der Waals surface area (Å²) in [5, 5.41) is 2.81. The number of carbonyl (C=O) groups excluding carboxylic acids is 1. The van der Waals surface area contributed by atoms with Gasteiger partial charge in [0.25, 0.3) is 5.91 Å². The van der Waals surface area contributed by atoms with Crippen molar-refractivity contribution in [3.05, 3.63) is 54.0 Å². The lowest BCUT2D eigenvalue weighted by Gasteiger charge is -2.26. The zero-order valence-electron chi connectivity index (χ0n) is 14.4. The zero-order valence-corrected chi connectivity index (χ0v) is 14.4. The number of benzene rings is 1. The number of ether oxygens (including phenoxy) is 2. The first-order valence-electron chi connectivity index (χ1n) is 8.58. The lowest BCUT2D eigenvalue weighted by molar-refractivity contribution is 0.0341. The largest absolute Gasteiger partial charge is 0.489 e. The Hall–Kier alpha value is -2.31. The summed E-state index contributed by atoms with van der Waals surface area (Å²) in [5.74, 6) is 0.881. The van der Waals surface area contributed by atoms with Crippen LogP contribution in [0.1, 0.15) is 23.0 Å². The molecule has 0 spiro atoms. The standard InChI is InChI=1S/C19H24N2O4/c1-15(13-20-19(22)18-6-3-9-24-18)25-17-5-2-4-16(12-17)14-21-7-10-23-11-8-21/h2-6,9,12,15H,7-8,10-11,13-14H2,1H3,(H,20,22). The number of rotatable bonds is 7. The van der Waals surface area contributed by atoms with Gasteiger partial charge in [0.15, 0.2) is 5.76 Å². The minimum absolute atomic E-state index is 0.141. The minimum Gasteiger partial charge on any atom is -0.489 e. The molecule has 1 fully saturated rings. The third-order valence-electron chi connectivity index (χ3n) is 4.04. The van der Waals surface area contributed by atoms with Crippen LogP contribution < -0.4 is 10.1 Å². The first-order chi connectivity index (χ1) is 12.2. The highest BCUT2D eigenvalue weighted by molar-refractivity contribution is 5.91. The Balaban J connectivity index is 1.48. The molecule has 6 heteroatoms. The molecule has 0 radical (unpaired) electrons. The normalized spacial score (nSPS) is 16.4. The topological polar surface area (TPSA) is 63.9 Å². The van der Waals surface area contributed by atoms with Crippen LogP contribution in [0, 0.1) is 0 Å². The van der Waals surface area contributed by atoms with Gasteiger partial charge in [-0.2, -0.15) is 0 Å². The fourth-order valence-electron chi connectivity index (χ4n) is 2.74. The molecule has 1 N–H and O–H groups in total. The highest BCUT2D eigenvalue weighted by Gasteiger charge is 2.13. The molecule has 2 heterocycles. The van der Waals surface area contributed by atoms with E-state index < -0.39 is 0 Å². The summed E-state index contributed by atoms with van der Waals surface area (Å²) in [5.41, 5.74) is 1.21. The Bertz CT molecular complexity index is 666. The number of nitrogens with zero attached hydrogens (tertiary/aromatic N) is 1. The van der Waals surface area contributed by atoms with E-state index in [9.17, 15) is 4.79 Å². The van der Waals surface area contributed by atoms with E-state index in [1.165, 1.54) is 11.8 Å². The first-order valence-corrected chi connectivity index (χ1v) is 8.58. The van der Waals surface area contributed by atoms with Gasteiger partial charge >= 0.3 is 0 Å². The zero-order chi connectivity index (χ0) is 17.5.